The van der Waals surface area contributed by atoms with Crippen LogP contribution in [0.3, 0.4) is 0 Å². The molecule has 24 heavy (non-hydrogen) atoms. The van der Waals surface area contributed by atoms with Gasteiger partial charge in [0.2, 0.25) is 5.60 Å². The molecule has 2 aromatic rings. The van der Waals surface area contributed by atoms with Crippen LogP contribution in [-0.4, -0.2) is 33.1 Å². The summed E-state index contributed by atoms with van der Waals surface area (Å²) in [4.78, 5) is 24.6. The van der Waals surface area contributed by atoms with Crippen molar-refractivity contribution in [1.82, 2.24) is 0 Å². The molecule has 0 saturated carbocycles. The molecule has 0 bridgehead atoms. The molecular weight excluding hydrogens is 343 g/mol. The molecule has 2 aromatic carbocycles. The van der Waals surface area contributed by atoms with Crippen LogP contribution in [0.1, 0.15) is 12.0 Å². The second-order valence-electron chi connectivity index (χ2n) is 5.35. The number of thioether (sulfide) groups is 1. The molecule has 0 aliphatic heterocycles. The van der Waals surface area contributed by atoms with Gasteiger partial charge in [-0.3, -0.25) is 0 Å². The quantitative estimate of drug-likeness (QED) is 0.557. The molecule has 0 amide bonds. The van der Waals surface area contributed by atoms with E-state index in [1.807, 2.05) is 60.7 Å². The zero-order valence-electron chi connectivity index (χ0n) is 13.0. The highest BCUT2D eigenvalue weighted by atomic mass is 32.2. The molecule has 0 spiro atoms. The Morgan fingerprint density at radius 1 is 1.12 bits per heavy atom. The van der Waals surface area contributed by atoms with Crippen molar-refractivity contribution in [2.75, 3.05) is 5.49 Å². The Labute approximate surface area is 146 Å². The van der Waals surface area contributed by atoms with Crippen LogP contribution < -0.4 is 4.89 Å². The molecule has 0 aliphatic rings. The number of aliphatic carboxylic acids is 1. The maximum Gasteiger partial charge on any atom is 0.343 e. The molecule has 2 unspecified atom stereocenters. The molecule has 0 aliphatic carbocycles. The molecule has 0 saturated heterocycles. The first-order chi connectivity index (χ1) is 11.5. The number of carboxylic acid groups (broad SMARTS) is 1. The number of carbonyl (C=O) groups is 1. The van der Waals surface area contributed by atoms with Gasteiger partial charge in [-0.2, -0.15) is 0 Å². The monoisotopic (exact) mass is 362 g/mol. The van der Waals surface area contributed by atoms with Crippen LogP contribution in [0.2, 0.25) is 0 Å². The zero-order valence-corrected chi connectivity index (χ0v) is 14.7. The SMILES string of the molecule is O=C(O)C(O)(C=[P+]([O-])CSc1ccccc1)CCc1ccccc1. The fraction of sp³-hybridized carbons (Fsp3) is 0.222. The maximum atomic E-state index is 12.2. The summed E-state index contributed by atoms with van der Waals surface area (Å²) in [5.41, 5.74) is -0.916. The second kappa shape index (κ2) is 9.00. The lowest BCUT2D eigenvalue weighted by atomic mass is 9.97. The molecule has 4 nitrogen and oxygen atoms in total. The molecule has 6 heteroatoms. The minimum atomic E-state index is -2.08. The van der Waals surface area contributed by atoms with Gasteiger partial charge in [0.25, 0.3) is 0 Å². The van der Waals surface area contributed by atoms with Crippen molar-refractivity contribution in [3.8, 4) is 0 Å². The summed E-state index contributed by atoms with van der Waals surface area (Å²) in [5, 5.41) is 19.7. The maximum absolute atomic E-state index is 12.2. The van der Waals surface area contributed by atoms with E-state index in [4.69, 9.17) is 0 Å². The number of carboxylic acids is 1. The number of benzene rings is 2. The molecule has 2 N–H and O–H groups in total. The van der Waals surface area contributed by atoms with Crippen molar-refractivity contribution >= 4 is 31.3 Å². The minimum Gasteiger partial charge on any atom is -0.630 e. The first-order valence-corrected chi connectivity index (χ1v) is 9.97. The van der Waals surface area contributed by atoms with Crippen LogP contribution in [0.25, 0.3) is 0 Å². The van der Waals surface area contributed by atoms with Gasteiger partial charge in [0.05, 0.1) is 7.77 Å². The van der Waals surface area contributed by atoms with Crippen molar-refractivity contribution in [2.24, 2.45) is 0 Å². The van der Waals surface area contributed by atoms with Crippen LogP contribution in [-0.2, 0) is 11.2 Å². The summed E-state index contributed by atoms with van der Waals surface area (Å²) < 4.78 is 0. The van der Waals surface area contributed by atoms with E-state index in [1.165, 1.54) is 11.8 Å². The van der Waals surface area contributed by atoms with Gasteiger partial charge in [0, 0.05) is 4.90 Å². The number of aryl methyl sites for hydroxylation is 1. The number of rotatable bonds is 8. The average Bonchev–Trinajstić information content (AvgIpc) is 2.60. The van der Waals surface area contributed by atoms with E-state index in [0.717, 1.165) is 16.3 Å². The molecule has 2 atom stereocenters. The molecule has 0 heterocycles. The highest BCUT2D eigenvalue weighted by molar-refractivity contribution is 8.04. The van der Waals surface area contributed by atoms with Gasteiger partial charge in [-0.05, 0) is 30.5 Å². The Balaban J connectivity index is 2.01. The summed E-state index contributed by atoms with van der Waals surface area (Å²) in [6.45, 7) is 0. The van der Waals surface area contributed by atoms with Gasteiger partial charge in [0.15, 0.2) is 5.49 Å². The Bertz CT molecular complexity index is 691. The Morgan fingerprint density at radius 3 is 2.29 bits per heavy atom. The van der Waals surface area contributed by atoms with Gasteiger partial charge >= 0.3 is 5.97 Å². The van der Waals surface area contributed by atoms with Gasteiger partial charge in [-0.1, -0.05) is 60.3 Å². The minimum absolute atomic E-state index is 0.0105. The first kappa shape index (κ1) is 18.7. The van der Waals surface area contributed by atoms with Crippen LogP contribution in [0.15, 0.2) is 65.6 Å². The van der Waals surface area contributed by atoms with Crippen molar-refractivity contribution in [1.29, 1.82) is 0 Å². The van der Waals surface area contributed by atoms with E-state index >= 15 is 0 Å². The summed E-state index contributed by atoms with van der Waals surface area (Å²) in [6, 6.07) is 18.8. The predicted molar refractivity (Wildman–Crippen MR) is 97.5 cm³/mol. The average molecular weight is 362 g/mol. The van der Waals surface area contributed by atoms with E-state index in [9.17, 15) is 19.9 Å². The lowest BCUT2D eigenvalue weighted by Crippen LogP contribution is -2.41. The molecule has 0 aromatic heterocycles. The largest absolute Gasteiger partial charge is 0.630 e. The number of hydrogen-bond donors (Lipinski definition) is 2. The molecule has 126 valence electrons. The standard InChI is InChI=1S/C18H19O4PS/c19-17(20)18(21,12-11-15-7-3-1-4-8-15)13-23(22)14-24-16-9-5-2-6-10-16/h1-10,13,21H,11-12,14H2,(H,19,20). The normalized spacial score (nSPS) is 14.2. The lowest BCUT2D eigenvalue weighted by molar-refractivity contribution is -0.155. The Kier molecular flexibility index (Phi) is 7.00. The topological polar surface area (TPSA) is 80.6 Å². The second-order valence-corrected chi connectivity index (χ2v) is 8.23. The fourth-order valence-electron chi connectivity index (χ4n) is 2.14. The van der Waals surface area contributed by atoms with Crippen molar-refractivity contribution in [3.63, 3.8) is 0 Å². The van der Waals surface area contributed by atoms with E-state index < -0.39 is 19.3 Å². The van der Waals surface area contributed by atoms with Crippen LogP contribution >= 0.6 is 19.5 Å². The lowest BCUT2D eigenvalue weighted by Gasteiger charge is -2.18. The number of aliphatic hydroxyl groups is 1. The summed E-state index contributed by atoms with van der Waals surface area (Å²) >= 11 is 1.38. The Hall–Kier alpha value is -1.65. The first-order valence-electron chi connectivity index (χ1n) is 7.47. The highest BCUT2D eigenvalue weighted by Gasteiger charge is 2.36. The third-order valence-electron chi connectivity index (χ3n) is 3.47. The van der Waals surface area contributed by atoms with E-state index in [1.54, 1.807) is 0 Å². The van der Waals surface area contributed by atoms with Crippen molar-refractivity contribution < 1.29 is 19.9 Å². The zero-order chi connectivity index (χ0) is 17.4. The third kappa shape index (κ3) is 5.77. The number of hydrogen-bond acceptors (Lipinski definition) is 4. The third-order valence-corrected chi connectivity index (χ3v) is 6.32. The van der Waals surface area contributed by atoms with Gasteiger partial charge < -0.3 is 15.1 Å². The summed E-state index contributed by atoms with van der Waals surface area (Å²) in [7, 11) is -1.95. The van der Waals surface area contributed by atoms with E-state index in [2.05, 4.69) is 0 Å². The fourth-order valence-corrected chi connectivity index (χ4v) is 4.61. The predicted octanol–water partition coefficient (Wildman–Crippen LogP) is 2.74. The van der Waals surface area contributed by atoms with Gasteiger partial charge in [-0.25, -0.2) is 4.79 Å². The van der Waals surface area contributed by atoms with Crippen molar-refractivity contribution in [3.05, 3.63) is 66.2 Å². The molecule has 0 radical (unpaired) electrons. The Morgan fingerprint density at radius 2 is 1.71 bits per heavy atom. The molecule has 0 fully saturated rings. The van der Waals surface area contributed by atoms with E-state index in [0.29, 0.717) is 6.42 Å². The van der Waals surface area contributed by atoms with Crippen LogP contribution in [0.5, 0.6) is 0 Å². The van der Waals surface area contributed by atoms with Gasteiger partial charge in [0.1, 0.15) is 5.80 Å². The van der Waals surface area contributed by atoms with E-state index in [-0.39, 0.29) is 11.9 Å². The molecule has 2 rings (SSSR count). The molecular formula is C18H19O4PS. The van der Waals surface area contributed by atoms with Crippen LogP contribution in [0, 0.1) is 0 Å². The summed E-state index contributed by atoms with van der Waals surface area (Å²) in [5.74, 6) is -0.296. The van der Waals surface area contributed by atoms with Crippen LogP contribution in [0.4, 0.5) is 0 Å². The smallest absolute Gasteiger partial charge is 0.343 e. The summed E-state index contributed by atoms with van der Waals surface area (Å²) in [6.07, 6.45) is 0.387. The highest BCUT2D eigenvalue weighted by Crippen LogP contribution is 2.28. The van der Waals surface area contributed by atoms with Crippen molar-refractivity contribution in [2.45, 2.75) is 23.3 Å². The van der Waals surface area contributed by atoms with Gasteiger partial charge in [-0.15, -0.1) is 0 Å².